The normalized spacial score (nSPS) is 20.5. The summed E-state index contributed by atoms with van der Waals surface area (Å²) in [6.45, 7) is 1.53. The van der Waals surface area contributed by atoms with Crippen molar-refractivity contribution < 1.29 is 27.1 Å². The molecule has 8 nitrogen and oxygen atoms in total. The maximum Gasteiger partial charge on any atom is 0.254 e. The molecule has 2 aliphatic heterocycles. The third kappa shape index (κ3) is 5.25. The van der Waals surface area contributed by atoms with Crippen molar-refractivity contribution in [3.05, 3.63) is 58.4 Å². The molecule has 2 heterocycles. The zero-order valence-corrected chi connectivity index (χ0v) is 19.9. The molecule has 2 aromatic carbocycles. The largest absolute Gasteiger partial charge is 0.381 e. The van der Waals surface area contributed by atoms with Gasteiger partial charge in [-0.1, -0.05) is 23.7 Å². The highest BCUT2D eigenvalue weighted by molar-refractivity contribution is 7.91. The number of sulfone groups is 1. The molecule has 0 unspecified atom stereocenters. The van der Waals surface area contributed by atoms with Crippen LogP contribution in [0.5, 0.6) is 0 Å². The Kier molecular flexibility index (Phi) is 7.22. The Morgan fingerprint density at radius 3 is 2.56 bits per heavy atom. The Morgan fingerprint density at radius 1 is 1.21 bits per heavy atom. The summed E-state index contributed by atoms with van der Waals surface area (Å²) < 4.78 is 46.1. The maximum absolute atomic E-state index is 15.0. The van der Waals surface area contributed by atoms with E-state index in [1.807, 2.05) is 0 Å². The molecule has 4 rings (SSSR count). The third-order valence-electron chi connectivity index (χ3n) is 6.05. The van der Waals surface area contributed by atoms with Gasteiger partial charge in [0.25, 0.3) is 5.91 Å². The average Bonchev–Trinajstić information content (AvgIpc) is 2.87. The van der Waals surface area contributed by atoms with Crippen LogP contribution in [0.3, 0.4) is 0 Å². The lowest BCUT2D eigenvalue weighted by Gasteiger charge is -2.25. The Bertz CT molecular complexity index is 1200. The van der Waals surface area contributed by atoms with Crippen molar-refractivity contribution in [2.24, 2.45) is 11.7 Å². The third-order valence-corrected chi connectivity index (χ3v) is 8.09. The van der Waals surface area contributed by atoms with E-state index >= 15 is 0 Å². The summed E-state index contributed by atoms with van der Waals surface area (Å²) in [6.07, 6.45) is 1.57. The number of benzene rings is 2. The second kappa shape index (κ2) is 9.99. The number of carbonyl (C=O) groups excluding carboxylic acids is 2. The first kappa shape index (κ1) is 24.6. The minimum Gasteiger partial charge on any atom is -0.381 e. The molecular weight excluding hydrogens is 485 g/mol. The lowest BCUT2D eigenvalue weighted by atomic mass is 10.0. The van der Waals surface area contributed by atoms with Gasteiger partial charge in [-0.2, -0.15) is 0 Å². The Morgan fingerprint density at radius 2 is 1.88 bits per heavy atom. The Labute approximate surface area is 202 Å². The zero-order valence-electron chi connectivity index (χ0n) is 18.3. The summed E-state index contributed by atoms with van der Waals surface area (Å²) in [4.78, 5) is 26.7. The molecule has 1 fully saturated rings. The van der Waals surface area contributed by atoms with Crippen molar-refractivity contribution >= 4 is 38.9 Å². The van der Waals surface area contributed by atoms with Crippen LogP contribution in [0.2, 0.25) is 5.02 Å². The molecule has 0 bridgehead atoms. The van der Waals surface area contributed by atoms with Gasteiger partial charge >= 0.3 is 0 Å². The molecule has 2 amide bonds. The molecule has 0 saturated carbocycles. The van der Waals surface area contributed by atoms with Crippen LogP contribution in [0, 0.1) is 11.7 Å². The summed E-state index contributed by atoms with van der Waals surface area (Å²) in [6, 6.07) is 7.23. The number of nitrogens with one attached hydrogen (secondary N) is 1. The van der Waals surface area contributed by atoms with Crippen LogP contribution in [0.1, 0.15) is 28.8 Å². The van der Waals surface area contributed by atoms with E-state index in [-0.39, 0.29) is 28.6 Å². The molecule has 3 N–H and O–H groups in total. The minimum atomic E-state index is -4.08. The lowest BCUT2D eigenvalue weighted by Crippen LogP contribution is -2.45. The van der Waals surface area contributed by atoms with Crippen LogP contribution in [0.25, 0.3) is 0 Å². The van der Waals surface area contributed by atoms with Crippen molar-refractivity contribution in [1.29, 1.82) is 0 Å². The van der Waals surface area contributed by atoms with Crippen LogP contribution >= 0.6 is 11.6 Å². The van der Waals surface area contributed by atoms with Crippen molar-refractivity contribution in [3.8, 4) is 0 Å². The van der Waals surface area contributed by atoms with Crippen molar-refractivity contribution in [1.82, 2.24) is 5.32 Å². The SMILES string of the molecule is N[C@H]1CS(=O)(=O)c2cc(F)c(C(=O)NCC3CCOCC3)cc2N(Cc2ccc(Cl)cc2)C1=O. The number of fused-ring (bicyclic) bond motifs is 1. The minimum absolute atomic E-state index is 0.0268. The van der Waals surface area contributed by atoms with E-state index in [0.29, 0.717) is 30.3 Å². The molecule has 0 aliphatic carbocycles. The predicted octanol–water partition coefficient (Wildman–Crippen LogP) is 2.28. The summed E-state index contributed by atoms with van der Waals surface area (Å²) in [5.41, 5.74) is 6.13. The number of nitrogens with two attached hydrogens (primary N) is 1. The van der Waals surface area contributed by atoms with Gasteiger partial charge in [0.2, 0.25) is 5.91 Å². The number of anilines is 1. The van der Waals surface area contributed by atoms with Crippen LogP contribution < -0.4 is 16.0 Å². The van der Waals surface area contributed by atoms with Gasteiger partial charge in [0, 0.05) is 24.8 Å². The highest BCUT2D eigenvalue weighted by Gasteiger charge is 2.37. The average molecular weight is 510 g/mol. The molecule has 182 valence electrons. The quantitative estimate of drug-likeness (QED) is 0.638. The molecule has 34 heavy (non-hydrogen) atoms. The van der Waals surface area contributed by atoms with E-state index < -0.39 is 39.3 Å². The van der Waals surface area contributed by atoms with Crippen molar-refractivity contribution in [3.63, 3.8) is 0 Å². The number of rotatable bonds is 5. The Balaban J connectivity index is 1.71. The molecule has 1 saturated heterocycles. The Hall–Kier alpha value is -2.53. The van der Waals surface area contributed by atoms with E-state index in [4.69, 9.17) is 22.1 Å². The smallest absolute Gasteiger partial charge is 0.254 e. The highest BCUT2D eigenvalue weighted by atomic mass is 35.5. The number of amides is 2. The van der Waals surface area contributed by atoms with Crippen molar-refractivity contribution in [2.45, 2.75) is 30.3 Å². The topological polar surface area (TPSA) is 119 Å². The van der Waals surface area contributed by atoms with Crippen LogP contribution in [0.15, 0.2) is 41.3 Å². The van der Waals surface area contributed by atoms with E-state index in [9.17, 15) is 22.4 Å². The van der Waals surface area contributed by atoms with Crippen LogP contribution in [-0.2, 0) is 25.9 Å². The molecule has 0 aromatic heterocycles. The van der Waals surface area contributed by atoms with Gasteiger partial charge in [0.15, 0.2) is 9.84 Å². The first-order chi connectivity index (χ1) is 16.2. The second-order valence-electron chi connectivity index (χ2n) is 8.50. The number of ether oxygens (including phenoxy) is 1. The molecule has 0 radical (unpaired) electrons. The van der Waals surface area contributed by atoms with E-state index in [0.717, 1.165) is 25.0 Å². The number of nitrogens with zero attached hydrogens (tertiary/aromatic N) is 1. The second-order valence-corrected chi connectivity index (χ2v) is 10.9. The van der Waals surface area contributed by atoms with E-state index in [2.05, 4.69) is 5.32 Å². The molecule has 2 aliphatic rings. The fraction of sp³-hybridized carbons (Fsp3) is 0.391. The predicted molar refractivity (Wildman–Crippen MR) is 125 cm³/mol. The van der Waals surface area contributed by atoms with Gasteiger partial charge < -0.3 is 20.7 Å². The van der Waals surface area contributed by atoms with Gasteiger partial charge in [-0.15, -0.1) is 0 Å². The number of halogens is 2. The summed E-state index contributed by atoms with van der Waals surface area (Å²) in [7, 11) is -4.08. The van der Waals surface area contributed by atoms with E-state index in [1.165, 1.54) is 4.90 Å². The van der Waals surface area contributed by atoms with E-state index in [1.54, 1.807) is 24.3 Å². The molecule has 11 heteroatoms. The molecular formula is C23H25ClFN3O5S. The van der Waals surface area contributed by atoms with Gasteiger partial charge in [0.05, 0.1) is 34.5 Å². The first-order valence-electron chi connectivity index (χ1n) is 10.9. The number of hydrogen-bond donors (Lipinski definition) is 2. The van der Waals surface area contributed by atoms with Crippen LogP contribution in [0.4, 0.5) is 10.1 Å². The summed E-state index contributed by atoms with van der Waals surface area (Å²) in [5.74, 6) is -2.76. The monoisotopic (exact) mass is 509 g/mol. The molecule has 0 spiro atoms. The highest BCUT2D eigenvalue weighted by Crippen LogP contribution is 2.34. The zero-order chi connectivity index (χ0) is 24.5. The first-order valence-corrected chi connectivity index (χ1v) is 12.9. The van der Waals surface area contributed by atoms with Crippen molar-refractivity contribution in [2.75, 3.05) is 30.4 Å². The van der Waals surface area contributed by atoms with Gasteiger partial charge in [-0.3, -0.25) is 9.59 Å². The molecule has 2 aromatic rings. The van der Waals surface area contributed by atoms with Gasteiger partial charge in [0.1, 0.15) is 5.82 Å². The fourth-order valence-corrected chi connectivity index (χ4v) is 5.80. The van der Waals surface area contributed by atoms with Crippen LogP contribution in [-0.4, -0.2) is 51.8 Å². The number of carbonyl (C=O) groups is 2. The molecule has 1 atom stereocenters. The summed E-state index contributed by atoms with van der Waals surface area (Å²) >= 11 is 5.94. The van der Waals surface area contributed by atoms with Gasteiger partial charge in [-0.25, -0.2) is 12.8 Å². The fourth-order valence-electron chi connectivity index (χ4n) is 4.11. The maximum atomic E-state index is 15.0. The standard InChI is InChI=1S/C23H25ClFN3O5S/c24-16-3-1-15(2-4-16)12-28-20-9-17(22(29)27-11-14-5-7-33-8-6-14)18(25)10-21(20)34(31,32)13-19(26)23(28)30/h1-4,9-10,14,19H,5-8,11-13,26H2,(H,27,29)/t19-/m0/s1. The lowest BCUT2D eigenvalue weighted by molar-refractivity contribution is -0.119. The summed E-state index contributed by atoms with van der Waals surface area (Å²) in [5, 5.41) is 3.21. The van der Waals surface area contributed by atoms with Gasteiger partial charge in [-0.05, 0) is 48.6 Å². The number of hydrogen-bond acceptors (Lipinski definition) is 6.